The van der Waals surface area contributed by atoms with E-state index in [0.717, 1.165) is 6.42 Å². The van der Waals surface area contributed by atoms with Crippen LogP contribution in [-0.2, 0) is 20.3 Å². The van der Waals surface area contributed by atoms with Crippen molar-refractivity contribution in [1.29, 1.82) is 0 Å². The average Bonchev–Trinajstić information content (AvgIpc) is 2.00. The summed E-state index contributed by atoms with van der Waals surface area (Å²) in [4.78, 5) is 11.5. The molecule has 84 valence electrons. The van der Waals surface area contributed by atoms with Crippen molar-refractivity contribution >= 4 is 16.8 Å². The third-order valence-electron chi connectivity index (χ3n) is 1.54. The van der Waals surface area contributed by atoms with Gasteiger partial charge in [-0.2, -0.15) is 0 Å². The standard InChI is InChI=1S/C10H20O3S/c1-6-7-14(12)8(2)9(11)13-10(3,4)5/h8H,6-7H2,1-5H3. The van der Waals surface area contributed by atoms with Crippen molar-refractivity contribution in [1.82, 2.24) is 0 Å². The lowest BCUT2D eigenvalue weighted by atomic mass is 10.2. The molecule has 3 nitrogen and oxygen atoms in total. The summed E-state index contributed by atoms with van der Waals surface area (Å²) in [5, 5.41) is -0.519. The summed E-state index contributed by atoms with van der Waals surface area (Å²) in [6.45, 7) is 9.01. The van der Waals surface area contributed by atoms with E-state index < -0.39 is 21.7 Å². The van der Waals surface area contributed by atoms with Gasteiger partial charge in [0.2, 0.25) is 0 Å². The summed E-state index contributed by atoms with van der Waals surface area (Å²) in [7, 11) is -1.10. The van der Waals surface area contributed by atoms with Crippen LogP contribution in [0.25, 0.3) is 0 Å². The molecule has 0 N–H and O–H groups in total. The van der Waals surface area contributed by atoms with Crippen LogP contribution >= 0.6 is 0 Å². The van der Waals surface area contributed by atoms with Crippen molar-refractivity contribution in [2.24, 2.45) is 0 Å². The minimum absolute atomic E-state index is 0.371. The zero-order valence-corrected chi connectivity index (χ0v) is 10.4. The van der Waals surface area contributed by atoms with Gasteiger partial charge in [0.05, 0.1) is 0 Å². The van der Waals surface area contributed by atoms with Gasteiger partial charge in [0.1, 0.15) is 10.9 Å². The molecule has 0 aromatic carbocycles. The highest BCUT2D eigenvalue weighted by Gasteiger charge is 2.25. The number of carbonyl (C=O) groups excluding carboxylic acids is 1. The second kappa shape index (κ2) is 5.49. The van der Waals surface area contributed by atoms with E-state index >= 15 is 0 Å². The summed E-state index contributed by atoms with van der Waals surface area (Å²) >= 11 is 0. The smallest absolute Gasteiger partial charge is 0.321 e. The van der Waals surface area contributed by atoms with Crippen molar-refractivity contribution in [3.63, 3.8) is 0 Å². The molecule has 0 saturated carbocycles. The first kappa shape index (κ1) is 13.6. The topological polar surface area (TPSA) is 43.4 Å². The number of esters is 1. The molecule has 0 amide bonds. The van der Waals surface area contributed by atoms with E-state index in [-0.39, 0.29) is 5.97 Å². The van der Waals surface area contributed by atoms with Gasteiger partial charge in [-0.3, -0.25) is 9.00 Å². The van der Waals surface area contributed by atoms with Crippen LogP contribution in [0.15, 0.2) is 0 Å². The minimum atomic E-state index is -1.10. The number of hydrogen-bond donors (Lipinski definition) is 0. The third-order valence-corrected chi connectivity index (χ3v) is 3.33. The van der Waals surface area contributed by atoms with E-state index in [0.29, 0.717) is 5.75 Å². The van der Waals surface area contributed by atoms with Crippen LogP contribution in [0.3, 0.4) is 0 Å². The number of ether oxygens (including phenoxy) is 1. The second-order valence-electron chi connectivity index (χ2n) is 4.26. The lowest BCUT2D eigenvalue weighted by Gasteiger charge is -2.21. The Kier molecular flexibility index (Phi) is 5.34. The molecule has 0 aliphatic heterocycles. The van der Waals surface area contributed by atoms with Gasteiger partial charge in [0.25, 0.3) is 0 Å². The van der Waals surface area contributed by atoms with Gasteiger partial charge in [-0.25, -0.2) is 0 Å². The van der Waals surface area contributed by atoms with Crippen LogP contribution in [0.1, 0.15) is 41.0 Å². The Labute approximate surface area is 88.7 Å². The van der Waals surface area contributed by atoms with Crippen molar-refractivity contribution in [3.8, 4) is 0 Å². The second-order valence-corrected chi connectivity index (χ2v) is 6.14. The van der Waals surface area contributed by atoms with Crippen LogP contribution in [0.4, 0.5) is 0 Å². The maximum absolute atomic E-state index is 11.5. The molecule has 0 radical (unpaired) electrons. The van der Waals surface area contributed by atoms with Gasteiger partial charge < -0.3 is 4.74 Å². The fraction of sp³-hybridized carbons (Fsp3) is 0.900. The number of carbonyl (C=O) groups is 1. The highest BCUT2D eigenvalue weighted by atomic mass is 32.2. The van der Waals surface area contributed by atoms with Crippen LogP contribution in [0.2, 0.25) is 0 Å². The van der Waals surface area contributed by atoms with E-state index in [2.05, 4.69) is 0 Å². The molecular weight excluding hydrogens is 200 g/mol. The first-order valence-corrected chi connectivity index (χ1v) is 6.26. The predicted octanol–water partition coefficient (Wildman–Crippen LogP) is 1.88. The molecule has 0 bridgehead atoms. The summed E-state index contributed by atoms with van der Waals surface area (Å²) in [6.07, 6.45) is 0.819. The van der Waals surface area contributed by atoms with Gasteiger partial charge in [0, 0.05) is 16.6 Å². The molecular formula is C10H20O3S. The molecule has 2 unspecified atom stereocenters. The molecule has 0 rings (SSSR count). The largest absolute Gasteiger partial charge is 0.459 e. The summed E-state index contributed by atoms with van der Waals surface area (Å²) in [5.74, 6) is 0.185. The Morgan fingerprint density at radius 1 is 1.43 bits per heavy atom. The van der Waals surface area contributed by atoms with Crippen LogP contribution in [0, 0.1) is 0 Å². The van der Waals surface area contributed by atoms with E-state index in [1.165, 1.54) is 0 Å². The van der Waals surface area contributed by atoms with Crippen LogP contribution in [0.5, 0.6) is 0 Å². The maximum Gasteiger partial charge on any atom is 0.321 e. The maximum atomic E-state index is 11.5. The molecule has 0 aromatic rings. The molecule has 0 saturated heterocycles. The van der Waals surface area contributed by atoms with Crippen molar-refractivity contribution in [3.05, 3.63) is 0 Å². The third kappa shape index (κ3) is 5.37. The van der Waals surface area contributed by atoms with Gasteiger partial charge in [-0.1, -0.05) is 6.92 Å². The highest BCUT2D eigenvalue weighted by Crippen LogP contribution is 2.11. The first-order chi connectivity index (χ1) is 6.28. The predicted molar refractivity (Wildman–Crippen MR) is 58.6 cm³/mol. The Morgan fingerprint density at radius 3 is 2.29 bits per heavy atom. The normalized spacial score (nSPS) is 16.1. The van der Waals surface area contributed by atoms with Crippen molar-refractivity contribution in [2.75, 3.05) is 5.75 Å². The minimum Gasteiger partial charge on any atom is -0.459 e. The Hall–Kier alpha value is -0.380. The van der Waals surface area contributed by atoms with E-state index in [1.807, 2.05) is 6.92 Å². The zero-order valence-electron chi connectivity index (χ0n) is 9.62. The number of rotatable bonds is 4. The van der Waals surface area contributed by atoms with Crippen LogP contribution < -0.4 is 0 Å². The Morgan fingerprint density at radius 2 is 1.93 bits per heavy atom. The van der Waals surface area contributed by atoms with E-state index in [1.54, 1.807) is 27.7 Å². The fourth-order valence-electron chi connectivity index (χ4n) is 0.870. The summed E-state index contributed by atoms with van der Waals surface area (Å²) < 4.78 is 16.6. The zero-order chi connectivity index (χ0) is 11.4. The van der Waals surface area contributed by atoms with Gasteiger partial charge in [-0.05, 0) is 34.1 Å². The SMILES string of the molecule is CCCS(=O)C(C)C(=O)OC(C)(C)C. The van der Waals surface area contributed by atoms with Crippen molar-refractivity contribution < 1.29 is 13.7 Å². The molecule has 0 spiro atoms. The Bertz CT molecular complexity index is 218. The quantitative estimate of drug-likeness (QED) is 0.679. The molecule has 0 aliphatic rings. The molecule has 0 aliphatic carbocycles. The lowest BCUT2D eigenvalue weighted by Crippen LogP contribution is -2.33. The molecule has 0 heterocycles. The monoisotopic (exact) mass is 220 g/mol. The van der Waals surface area contributed by atoms with Gasteiger partial charge in [0.15, 0.2) is 0 Å². The van der Waals surface area contributed by atoms with Crippen molar-refractivity contribution in [2.45, 2.75) is 51.9 Å². The van der Waals surface area contributed by atoms with E-state index in [4.69, 9.17) is 4.74 Å². The van der Waals surface area contributed by atoms with E-state index in [9.17, 15) is 9.00 Å². The van der Waals surface area contributed by atoms with Gasteiger partial charge in [-0.15, -0.1) is 0 Å². The first-order valence-electron chi connectivity index (χ1n) is 4.88. The summed E-state index contributed by atoms with van der Waals surface area (Å²) in [6, 6.07) is 0. The highest BCUT2D eigenvalue weighted by molar-refractivity contribution is 7.86. The summed E-state index contributed by atoms with van der Waals surface area (Å²) in [5.41, 5.74) is -0.498. The number of hydrogen-bond acceptors (Lipinski definition) is 3. The average molecular weight is 220 g/mol. The molecule has 0 fully saturated rings. The lowest BCUT2D eigenvalue weighted by molar-refractivity contribution is -0.153. The molecule has 0 aromatic heterocycles. The molecule has 2 atom stereocenters. The molecule has 4 heteroatoms. The van der Waals surface area contributed by atoms with Gasteiger partial charge >= 0.3 is 5.97 Å². The molecule has 14 heavy (non-hydrogen) atoms. The van der Waals surface area contributed by atoms with Crippen LogP contribution in [-0.4, -0.2) is 26.8 Å². The fourth-order valence-corrected chi connectivity index (χ4v) is 1.89. The Balaban J connectivity index is 4.19.